The van der Waals surface area contributed by atoms with E-state index in [1.807, 2.05) is 0 Å². The zero-order valence-corrected chi connectivity index (χ0v) is 24.5. The van der Waals surface area contributed by atoms with Crippen LogP contribution < -0.4 is 0 Å². The molecule has 2 rings (SSSR count). The second-order valence-electron chi connectivity index (χ2n) is 8.88. The number of hydrogen-bond acceptors (Lipinski definition) is 16. The fourth-order valence-electron chi connectivity index (χ4n) is 4.02. The van der Waals surface area contributed by atoms with Gasteiger partial charge in [0, 0.05) is 60.5 Å². The molecule has 15 nitrogen and oxygen atoms in total. The monoisotopic (exact) mass is 606 g/mol. The molecule has 41 heavy (non-hydrogen) atoms. The molecule has 0 N–H and O–H groups in total. The summed E-state index contributed by atoms with van der Waals surface area (Å²) >= 11 is 1.02. The lowest BCUT2D eigenvalue weighted by molar-refractivity contribution is -0.294. The van der Waals surface area contributed by atoms with Crippen molar-refractivity contribution in [3.8, 4) is 0 Å². The predicted molar refractivity (Wildman–Crippen MR) is 135 cm³/mol. The van der Waals surface area contributed by atoms with Crippen LogP contribution in [0, 0.1) is 0 Å². The molecule has 0 aromatic heterocycles. The average molecular weight is 607 g/mol. The Hall–Kier alpha value is -3.21. The quantitative estimate of drug-likeness (QED) is 0.234. The molecule has 16 heteroatoms. The van der Waals surface area contributed by atoms with Crippen LogP contribution in [-0.2, 0) is 71.4 Å². The first-order chi connectivity index (χ1) is 19.2. The van der Waals surface area contributed by atoms with E-state index in [-0.39, 0.29) is 18.1 Å². The van der Waals surface area contributed by atoms with Crippen molar-refractivity contribution in [3.63, 3.8) is 0 Å². The molecule has 2 heterocycles. The number of thioether (sulfide) groups is 1. The van der Waals surface area contributed by atoms with E-state index in [1.54, 1.807) is 0 Å². The van der Waals surface area contributed by atoms with Crippen molar-refractivity contribution in [3.05, 3.63) is 11.8 Å². The fraction of sp³-hybridized carbons (Fsp3) is 0.680. The van der Waals surface area contributed by atoms with Crippen LogP contribution in [0.1, 0.15) is 41.5 Å². The van der Waals surface area contributed by atoms with Crippen molar-refractivity contribution in [1.82, 2.24) is 0 Å². The van der Waals surface area contributed by atoms with Crippen LogP contribution in [0.2, 0.25) is 0 Å². The molecular formula is C25H34O15S. The van der Waals surface area contributed by atoms with Crippen molar-refractivity contribution in [2.75, 3.05) is 19.5 Å². The Morgan fingerprint density at radius 3 is 1.78 bits per heavy atom. The van der Waals surface area contributed by atoms with Crippen molar-refractivity contribution in [2.45, 2.75) is 89.9 Å². The summed E-state index contributed by atoms with van der Waals surface area (Å²) in [4.78, 5) is 70.6. The van der Waals surface area contributed by atoms with Gasteiger partial charge in [-0.05, 0) is 0 Å². The molecule has 0 aliphatic carbocycles. The summed E-state index contributed by atoms with van der Waals surface area (Å²) in [5.41, 5.74) is -1.02. The van der Waals surface area contributed by atoms with Gasteiger partial charge in [-0.25, -0.2) is 0 Å². The highest BCUT2D eigenvalue weighted by molar-refractivity contribution is 8.00. The molecule has 0 bridgehead atoms. The molecule has 0 aromatic carbocycles. The van der Waals surface area contributed by atoms with Gasteiger partial charge in [0.2, 0.25) is 0 Å². The Morgan fingerprint density at radius 1 is 0.707 bits per heavy atom. The van der Waals surface area contributed by atoms with Gasteiger partial charge in [-0.15, -0.1) is 11.8 Å². The largest absolute Gasteiger partial charge is 0.463 e. The molecule has 230 valence electrons. The van der Waals surface area contributed by atoms with Crippen LogP contribution in [-0.4, -0.2) is 104 Å². The fourth-order valence-corrected chi connectivity index (χ4v) is 5.16. The Labute approximate surface area is 240 Å². The van der Waals surface area contributed by atoms with Crippen molar-refractivity contribution in [2.24, 2.45) is 0 Å². The average Bonchev–Trinajstić information content (AvgIpc) is 2.83. The number of rotatable bonds is 11. The van der Waals surface area contributed by atoms with E-state index >= 15 is 0 Å². The number of carbonyl (C=O) groups is 6. The first kappa shape index (κ1) is 34.0. The molecule has 0 unspecified atom stereocenters. The van der Waals surface area contributed by atoms with Gasteiger partial charge in [0.05, 0.1) is 0 Å². The Kier molecular flexibility index (Phi) is 13.0. The molecule has 0 radical (unpaired) electrons. The second-order valence-corrected chi connectivity index (χ2v) is 9.97. The summed E-state index contributed by atoms with van der Waals surface area (Å²) in [5, 5.41) is 0. The first-order valence-corrected chi connectivity index (χ1v) is 13.4. The van der Waals surface area contributed by atoms with E-state index < -0.39 is 84.2 Å². The minimum absolute atomic E-state index is 0.00899. The molecule has 1 saturated heterocycles. The van der Waals surface area contributed by atoms with E-state index in [9.17, 15) is 28.8 Å². The summed E-state index contributed by atoms with van der Waals surface area (Å²) < 4.78 is 49.0. The van der Waals surface area contributed by atoms with Crippen molar-refractivity contribution < 1.29 is 71.4 Å². The van der Waals surface area contributed by atoms with Crippen LogP contribution in [0.5, 0.6) is 0 Å². The Bertz CT molecular complexity index is 1030. The summed E-state index contributed by atoms with van der Waals surface area (Å²) in [6.07, 6.45) is -6.72. The van der Waals surface area contributed by atoms with E-state index in [0.29, 0.717) is 0 Å². The van der Waals surface area contributed by atoms with Crippen molar-refractivity contribution in [1.29, 1.82) is 0 Å². The van der Waals surface area contributed by atoms with E-state index in [0.717, 1.165) is 39.5 Å². The molecule has 8 atom stereocenters. The van der Waals surface area contributed by atoms with E-state index in [1.165, 1.54) is 27.0 Å². The lowest BCUT2D eigenvalue weighted by Gasteiger charge is -2.44. The van der Waals surface area contributed by atoms with Gasteiger partial charge >= 0.3 is 35.8 Å². The second kappa shape index (κ2) is 15.7. The van der Waals surface area contributed by atoms with Gasteiger partial charge in [-0.1, -0.05) is 0 Å². The highest BCUT2D eigenvalue weighted by atomic mass is 32.2. The molecule has 0 aromatic rings. The topological polar surface area (TPSA) is 185 Å². The zero-order valence-electron chi connectivity index (χ0n) is 23.6. The van der Waals surface area contributed by atoms with E-state index in [2.05, 4.69) is 0 Å². The third-order valence-corrected chi connectivity index (χ3v) is 6.55. The maximum absolute atomic E-state index is 12.0. The summed E-state index contributed by atoms with van der Waals surface area (Å²) in [6.45, 7) is 6.66. The summed E-state index contributed by atoms with van der Waals surface area (Å²) in [5.74, 6) is -4.18. The number of ether oxygens (including phenoxy) is 9. The Balaban J connectivity index is 2.39. The number of carbonyl (C=O) groups excluding carboxylic acids is 6. The Morgan fingerprint density at radius 2 is 1.27 bits per heavy atom. The number of methoxy groups -OCH3 is 1. The molecule has 2 aliphatic heterocycles. The van der Waals surface area contributed by atoms with Crippen LogP contribution in [0.3, 0.4) is 0 Å². The standard InChI is InChI=1S/C25H34O15S/c1-11(26)33-9-19-17(34-12(2)27)8-18(35-13(3)28)25(40-19)41-10-20-21(36-14(4)29)22(37-15(5)30)23(38-16(6)31)24(32-7)39-20/h8,17,19-25H,9-10H2,1-7H3/t17-,19+,20+,21+,22-,23+,24-,25+/m0/s1. The zero-order chi connectivity index (χ0) is 30.9. The molecule has 1 fully saturated rings. The summed E-state index contributed by atoms with van der Waals surface area (Å²) in [6, 6.07) is 0. The van der Waals surface area contributed by atoms with Gasteiger partial charge in [-0.3, -0.25) is 28.8 Å². The molecular weight excluding hydrogens is 572 g/mol. The third kappa shape index (κ3) is 10.6. The highest BCUT2D eigenvalue weighted by Crippen LogP contribution is 2.35. The lowest BCUT2D eigenvalue weighted by atomic mass is 9.98. The van der Waals surface area contributed by atoms with Crippen LogP contribution >= 0.6 is 11.8 Å². The predicted octanol–water partition coefficient (Wildman–Crippen LogP) is 0.553. The van der Waals surface area contributed by atoms with Crippen LogP contribution in [0.4, 0.5) is 0 Å². The van der Waals surface area contributed by atoms with Crippen LogP contribution in [0.25, 0.3) is 0 Å². The number of hydrogen-bond donors (Lipinski definition) is 0. The molecule has 0 amide bonds. The van der Waals surface area contributed by atoms with Crippen LogP contribution in [0.15, 0.2) is 11.8 Å². The first-order valence-electron chi connectivity index (χ1n) is 12.4. The minimum atomic E-state index is -1.30. The van der Waals surface area contributed by atoms with Crippen molar-refractivity contribution >= 4 is 47.6 Å². The SMILES string of the molecule is CO[C@H]1O[C@H](CS[C@H]2O[C@H](COC(C)=O)[C@@H](OC(C)=O)C=C2OC(C)=O)[C@@H](OC(C)=O)[C@H](OC(C)=O)[C@H]1OC(C)=O. The normalized spacial score (nSPS) is 29.3. The maximum atomic E-state index is 12.0. The number of esters is 6. The lowest BCUT2D eigenvalue weighted by Crippen LogP contribution is -2.62. The van der Waals surface area contributed by atoms with Gasteiger partial charge in [0.15, 0.2) is 36.1 Å². The van der Waals surface area contributed by atoms with E-state index in [4.69, 9.17) is 42.6 Å². The molecule has 0 spiro atoms. The van der Waals surface area contributed by atoms with Gasteiger partial charge in [0.25, 0.3) is 0 Å². The smallest absolute Gasteiger partial charge is 0.307 e. The minimum Gasteiger partial charge on any atom is -0.463 e. The summed E-state index contributed by atoms with van der Waals surface area (Å²) in [7, 11) is 1.28. The molecule has 2 aliphatic rings. The maximum Gasteiger partial charge on any atom is 0.307 e. The molecule has 0 saturated carbocycles. The van der Waals surface area contributed by atoms with Gasteiger partial charge < -0.3 is 42.6 Å². The highest BCUT2D eigenvalue weighted by Gasteiger charge is 2.52. The third-order valence-electron chi connectivity index (χ3n) is 5.38. The van der Waals surface area contributed by atoms with Gasteiger partial charge in [-0.2, -0.15) is 0 Å². The van der Waals surface area contributed by atoms with Gasteiger partial charge in [0.1, 0.15) is 24.6 Å².